The number of hydrogen-bond donors (Lipinski definition) is 0. The highest BCUT2D eigenvalue weighted by Gasteiger charge is 2.38. The van der Waals surface area contributed by atoms with E-state index in [0.717, 1.165) is 17.0 Å². The highest BCUT2D eigenvalue weighted by molar-refractivity contribution is 5.92. The van der Waals surface area contributed by atoms with Crippen LogP contribution < -0.4 is 10.5 Å². The molecule has 3 atom stereocenters. The molecule has 4 heterocycles. The van der Waals surface area contributed by atoms with Crippen LogP contribution in [0, 0.1) is 28.5 Å². The second-order valence-electron chi connectivity index (χ2n) is 11.7. The first-order valence-electron chi connectivity index (χ1n) is 13.5. The summed E-state index contributed by atoms with van der Waals surface area (Å²) in [4.78, 5) is 22.1. The van der Waals surface area contributed by atoms with Gasteiger partial charge in [-0.1, -0.05) is 38.1 Å². The van der Waals surface area contributed by atoms with Gasteiger partial charge in [0.15, 0.2) is 0 Å². The Labute approximate surface area is 238 Å². The molecule has 1 saturated heterocycles. The summed E-state index contributed by atoms with van der Waals surface area (Å²) in [5.74, 6) is 0.434. The zero-order valence-electron chi connectivity index (χ0n) is 24.0. The van der Waals surface area contributed by atoms with Crippen LogP contribution in [0.15, 0.2) is 51.8 Å². The minimum Gasteiger partial charge on any atom is -0.363 e. The van der Waals surface area contributed by atoms with Crippen LogP contribution in [0.25, 0.3) is 11.0 Å². The van der Waals surface area contributed by atoms with Gasteiger partial charge >= 0.3 is 0 Å². The number of hydrogen-bond acceptors (Lipinski definition) is 8. The first-order chi connectivity index (χ1) is 19.4. The number of nitrogens with zero attached hydrogens (tertiary/aromatic N) is 7. The van der Waals surface area contributed by atoms with Crippen molar-refractivity contribution in [2.45, 2.75) is 58.2 Å². The van der Waals surface area contributed by atoms with Crippen LogP contribution in [0.4, 0.5) is 10.1 Å². The minimum atomic E-state index is -0.412. The Bertz CT molecular complexity index is 1760. The van der Waals surface area contributed by atoms with Crippen molar-refractivity contribution < 1.29 is 8.91 Å². The van der Waals surface area contributed by atoms with Gasteiger partial charge in [-0.2, -0.15) is 10.5 Å². The molecular formula is C31H32FN7O2. The third kappa shape index (κ3) is 4.96. The van der Waals surface area contributed by atoms with Crippen molar-refractivity contribution in [1.29, 1.82) is 10.5 Å². The van der Waals surface area contributed by atoms with Crippen LogP contribution in [0.1, 0.15) is 68.9 Å². The van der Waals surface area contributed by atoms with Crippen LogP contribution in [-0.2, 0) is 12.5 Å². The number of halogens is 1. The number of aryl methyl sites for hydroxylation is 1. The van der Waals surface area contributed by atoms with Crippen molar-refractivity contribution in [1.82, 2.24) is 19.6 Å². The molecule has 1 aliphatic heterocycles. The average molecular weight is 554 g/mol. The van der Waals surface area contributed by atoms with Crippen LogP contribution in [0.3, 0.4) is 0 Å². The van der Waals surface area contributed by atoms with E-state index >= 15 is 0 Å². The summed E-state index contributed by atoms with van der Waals surface area (Å²) in [6.45, 7) is 11.3. The predicted octanol–water partition coefficient (Wildman–Crippen LogP) is 4.79. The quantitative estimate of drug-likeness (QED) is 0.354. The fourth-order valence-corrected chi connectivity index (χ4v) is 5.61. The van der Waals surface area contributed by atoms with Gasteiger partial charge < -0.3 is 14.0 Å². The number of benzene rings is 1. The van der Waals surface area contributed by atoms with Gasteiger partial charge in [-0.05, 0) is 43.7 Å². The van der Waals surface area contributed by atoms with E-state index < -0.39 is 5.56 Å². The second-order valence-corrected chi connectivity index (χ2v) is 11.7. The third-order valence-corrected chi connectivity index (χ3v) is 7.83. The van der Waals surface area contributed by atoms with E-state index in [-0.39, 0.29) is 40.6 Å². The zero-order valence-corrected chi connectivity index (χ0v) is 24.0. The summed E-state index contributed by atoms with van der Waals surface area (Å²) in [5.41, 5.74) is 2.59. The van der Waals surface area contributed by atoms with Gasteiger partial charge in [0, 0.05) is 43.7 Å². The fourth-order valence-electron chi connectivity index (χ4n) is 5.61. The van der Waals surface area contributed by atoms with E-state index in [1.807, 2.05) is 17.9 Å². The molecule has 0 aliphatic carbocycles. The Kier molecular flexibility index (Phi) is 7.14. The smallest absolute Gasteiger partial charge is 0.270 e. The first kappa shape index (κ1) is 28.0. The first-order valence-corrected chi connectivity index (χ1v) is 13.5. The molecule has 10 heteroatoms. The molecule has 41 heavy (non-hydrogen) atoms. The molecule has 0 radical (unpaired) electrons. The SMILES string of the molecule is CC1CN(c2c(C#N)c(=O)n(C)c3ccc(C#N)nc23)[C@@H](C)CN1C(c1ccc(F)cc1)c1cc(C(C)(C)C)on1. The molecule has 0 N–H and O–H groups in total. The molecule has 0 spiro atoms. The molecule has 3 aromatic heterocycles. The maximum atomic E-state index is 13.9. The van der Waals surface area contributed by atoms with Gasteiger partial charge in [0.1, 0.15) is 46.2 Å². The van der Waals surface area contributed by atoms with Crippen molar-refractivity contribution >= 4 is 16.7 Å². The van der Waals surface area contributed by atoms with Crippen LogP contribution >= 0.6 is 0 Å². The van der Waals surface area contributed by atoms with E-state index in [0.29, 0.717) is 29.8 Å². The molecule has 5 rings (SSSR count). The van der Waals surface area contributed by atoms with Gasteiger partial charge in [-0.25, -0.2) is 9.37 Å². The number of rotatable bonds is 4. The van der Waals surface area contributed by atoms with Crippen molar-refractivity contribution in [3.05, 3.63) is 86.9 Å². The average Bonchev–Trinajstić information content (AvgIpc) is 3.44. The summed E-state index contributed by atoms with van der Waals surface area (Å²) in [5, 5.41) is 24.0. The zero-order chi connectivity index (χ0) is 29.6. The summed E-state index contributed by atoms with van der Waals surface area (Å²) >= 11 is 0. The third-order valence-electron chi connectivity index (χ3n) is 7.83. The van der Waals surface area contributed by atoms with Gasteiger partial charge in [-0.15, -0.1) is 0 Å². The molecule has 4 aromatic rings. The van der Waals surface area contributed by atoms with E-state index in [9.17, 15) is 19.7 Å². The molecule has 2 unspecified atom stereocenters. The molecular weight excluding hydrogens is 521 g/mol. The van der Waals surface area contributed by atoms with Gasteiger partial charge in [0.2, 0.25) is 0 Å². The molecule has 9 nitrogen and oxygen atoms in total. The molecule has 0 amide bonds. The number of anilines is 1. The second kappa shape index (κ2) is 10.5. The molecule has 0 bridgehead atoms. The Morgan fingerprint density at radius 2 is 1.76 bits per heavy atom. The number of nitriles is 2. The van der Waals surface area contributed by atoms with E-state index in [1.165, 1.54) is 16.7 Å². The maximum absolute atomic E-state index is 13.9. The number of fused-ring (bicyclic) bond motifs is 1. The van der Waals surface area contributed by atoms with Gasteiger partial charge in [0.05, 0.1) is 17.2 Å². The van der Waals surface area contributed by atoms with E-state index in [1.54, 1.807) is 31.3 Å². The highest BCUT2D eigenvalue weighted by Crippen LogP contribution is 2.38. The molecule has 1 fully saturated rings. The Hall–Kier alpha value is -4.54. The normalized spacial score (nSPS) is 18.7. The Morgan fingerprint density at radius 1 is 1.05 bits per heavy atom. The predicted molar refractivity (Wildman–Crippen MR) is 153 cm³/mol. The molecule has 0 saturated carbocycles. The number of aromatic nitrogens is 3. The lowest BCUT2D eigenvalue weighted by molar-refractivity contribution is 0.125. The maximum Gasteiger partial charge on any atom is 0.270 e. The van der Waals surface area contributed by atoms with Crippen LogP contribution in [0.2, 0.25) is 0 Å². The monoisotopic (exact) mass is 553 g/mol. The number of piperazine rings is 1. The van der Waals surface area contributed by atoms with Gasteiger partial charge in [0.25, 0.3) is 5.56 Å². The van der Waals surface area contributed by atoms with E-state index in [2.05, 4.69) is 54.9 Å². The summed E-state index contributed by atoms with van der Waals surface area (Å²) in [7, 11) is 1.60. The van der Waals surface area contributed by atoms with Gasteiger partial charge in [-0.3, -0.25) is 9.69 Å². The van der Waals surface area contributed by atoms with Crippen LogP contribution in [0.5, 0.6) is 0 Å². The lowest BCUT2D eigenvalue weighted by Gasteiger charge is -2.48. The topological polar surface area (TPSA) is 115 Å². The van der Waals surface area contributed by atoms with Crippen molar-refractivity contribution in [2.24, 2.45) is 7.05 Å². The summed E-state index contributed by atoms with van der Waals surface area (Å²) in [6, 6.07) is 15.3. The lowest BCUT2D eigenvalue weighted by Crippen LogP contribution is -2.58. The fraction of sp³-hybridized carbons (Fsp3) is 0.387. The highest BCUT2D eigenvalue weighted by atomic mass is 19.1. The largest absolute Gasteiger partial charge is 0.363 e. The molecule has 1 aliphatic rings. The standard InChI is InChI=1S/C31H32FN7O2/c1-18-17-39(29-23(15-34)30(40)37(6)25-12-11-22(14-33)35-27(25)29)19(2)16-38(18)28(20-7-9-21(32)10-8-20)24-13-26(41-36-24)31(3,4)5/h7-13,18-19,28H,16-17H2,1-6H3/t18?,19-,28?/m0/s1. The Morgan fingerprint density at radius 3 is 2.37 bits per heavy atom. The lowest BCUT2D eigenvalue weighted by atomic mass is 9.91. The molecule has 1 aromatic carbocycles. The minimum absolute atomic E-state index is 0.00325. The number of pyridine rings is 2. The van der Waals surface area contributed by atoms with Crippen molar-refractivity contribution in [3.63, 3.8) is 0 Å². The van der Waals surface area contributed by atoms with E-state index in [4.69, 9.17) is 4.52 Å². The van der Waals surface area contributed by atoms with Crippen LogP contribution in [-0.4, -0.2) is 44.8 Å². The summed E-state index contributed by atoms with van der Waals surface area (Å²) < 4.78 is 21.1. The van der Waals surface area contributed by atoms with Crippen molar-refractivity contribution in [3.8, 4) is 12.1 Å². The Balaban J connectivity index is 1.60. The van der Waals surface area contributed by atoms with Crippen molar-refractivity contribution in [2.75, 3.05) is 18.0 Å². The summed E-state index contributed by atoms with van der Waals surface area (Å²) in [6.07, 6.45) is 0. The molecule has 210 valence electrons.